The van der Waals surface area contributed by atoms with Crippen LogP contribution in [0.15, 0.2) is 42.6 Å². The SMILES string of the molecule is COc1cc(-c2cn[se]c2-c2cccc(C(F)(F)F)c2)cc(OC)c1OC. The van der Waals surface area contributed by atoms with Crippen molar-refractivity contribution in [2.75, 3.05) is 21.3 Å². The third-order valence-electron chi connectivity index (χ3n) is 4.00. The van der Waals surface area contributed by atoms with Crippen LogP contribution < -0.4 is 14.2 Å². The molecule has 0 aliphatic rings. The fourth-order valence-electron chi connectivity index (χ4n) is 2.73. The monoisotopic (exact) mass is 443 g/mol. The van der Waals surface area contributed by atoms with E-state index < -0.39 is 11.7 Å². The number of hydrogen-bond acceptors (Lipinski definition) is 4. The van der Waals surface area contributed by atoms with Gasteiger partial charge >= 0.3 is 160 Å². The van der Waals surface area contributed by atoms with Gasteiger partial charge in [0.25, 0.3) is 0 Å². The van der Waals surface area contributed by atoms with E-state index >= 15 is 0 Å². The van der Waals surface area contributed by atoms with E-state index in [2.05, 4.69) is 3.98 Å². The van der Waals surface area contributed by atoms with E-state index in [-0.39, 0.29) is 14.7 Å². The summed E-state index contributed by atoms with van der Waals surface area (Å²) >= 11 is -0.319. The molecular weight excluding hydrogens is 426 g/mol. The Balaban J connectivity index is 2.14. The van der Waals surface area contributed by atoms with Crippen LogP contribution in [-0.2, 0) is 6.18 Å². The predicted octanol–water partition coefficient (Wildman–Crippen LogP) is 4.52. The van der Waals surface area contributed by atoms with Crippen molar-refractivity contribution in [2.45, 2.75) is 6.18 Å². The standard InChI is InChI=1S/C19H16F3NO3Se/c1-24-15-8-12(9-16(25-2)17(15)26-3)14-10-23-27-18(14)11-5-4-6-13(7-11)19(20,21)22/h4-10H,1-3H3. The van der Waals surface area contributed by atoms with E-state index in [1.165, 1.54) is 27.4 Å². The second kappa shape index (κ2) is 7.66. The third kappa shape index (κ3) is 3.82. The summed E-state index contributed by atoms with van der Waals surface area (Å²) in [5, 5.41) is 0. The van der Waals surface area contributed by atoms with Gasteiger partial charge in [-0.3, -0.25) is 0 Å². The van der Waals surface area contributed by atoms with Gasteiger partial charge < -0.3 is 0 Å². The molecule has 3 rings (SSSR count). The number of aromatic nitrogens is 1. The molecule has 0 bridgehead atoms. The Morgan fingerprint density at radius 1 is 0.889 bits per heavy atom. The number of alkyl halides is 3. The summed E-state index contributed by atoms with van der Waals surface area (Å²) < 4.78 is 60.3. The first-order chi connectivity index (χ1) is 12.9. The van der Waals surface area contributed by atoms with Crippen molar-refractivity contribution in [1.82, 2.24) is 3.98 Å². The molecule has 0 aliphatic heterocycles. The van der Waals surface area contributed by atoms with E-state index in [4.69, 9.17) is 14.2 Å². The molecule has 0 aliphatic carbocycles. The number of ether oxygens (including phenoxy) is 3. The molecule has 0 N–H and O–H groups in total. The van der Waals surface area contributed by atoms with Gasteiger partial charge in [-0.05, 0) is 0 Å². The molecule has 0 fully saturated rings. The summed E-state index contributed by atoms with van der Waals surface area (Å²) in [6, 6.07) is 8.82. The summed E-state index contributed by atoms with van der Waals surface area (Å²) in [5.74, 6) is 1.39. The molecule has 2 aromatic carbocycles. The van der Waals surface area contributed by atoms with Gasteiger partial charge in [0.2, 0.25) is 0 Å². The molecule has 8 heteroatoms. The van der Waals surface area contributed by atoms with Crippen LogP contribution in [0.25, 0.3) is 21.1 Å². The first-order valence-electron chi connectivity index (χ1n) is 7.81. The molecule has 142 valence electrons. The summed E-state index contributed by atoms with van der Waals surface area (Å²) in [6.07, 6.45) is -2.72. The number of rotatable bonds is 5. The molecular formula is C19H16F3NO3Se. The molecule has 4 nitrogen and oxygen atoms in total. The fourth-order valence-corrected chi connectivity index (χ4v) is 4.33. The zero-order valence-electron chi connectivity index (χ0n) is 14.8. The van der Waals surface area contributed by atoms with Crippen LogP contribution in [0.1, 0.15) is 5.56 Å². The Morgan fingerprint density at radius 2 is 1.56 bits per heavy atom. The minimum atomic E-state index is -4.39. The normalized spacial score (nSPS) is 11.3. The molecule has 3 aromatic rings. The first-order valence-corrected chi connectivity index (χ1v) is 9.44. The minimum absolute atomic E-state index is 0.319. The Morgan fingerprint density at radius 3 is 2.11 bits per heavy atom. The van der Waals surface area contributed by atoms with Crippen LogP contribution in [-0.4, -0.2) is 40.0 Å². The quantitative estimate of drug-likeness (QED) is 0.545. The zero-order chi connectivity index (χ0) is 19.6. The summed E-state index contributed by atoms with van der Waals surface area (Å²) in [6.45, 7) is 0. The van der Waals surface area contributed by atoms with Crippen LogP contribution >= 0.6 is 0 Å². The van der Waals surface area contributed by atoms with Gasteiger partial charge in [0.15, 0.2) is 0 Å². The topological polar surface area (TPSA) is 40.6 Å². The molecule has 0 amide bonds. The Bertz CT molecular complexity index is 928. The summed E-state index contributed by atoms with van der Waals surface area (Å²) in [7, 11) is 4.53. The summed E-state index contributed by atoms with van der Waals surface area (Å²) in [5.41, 5.74) is 1.30. The van der Waals surface area contributed by atoms with Crippen molar-refractivity contribution < 1.29 is 27.4 Å². The number of hydrogen-bond donors (Lipinski definition) is 0. The average Bonchev–Trinajstić information content (AvgIpc) is 3.16. The average molecular weight is 442 g/mol. The second-order valence-corrected chi connectivity index (χ2v) is 7.24. The van der Waals surface area contributed by atoms with Crippen LogP contribution in [0.4, 0.5) is 13.2 Å². The Kier molecular flexibility index (Phi) is 5.48. The van der Waals surface area contributed by atoms with Crippen molar-refractivity contribution in [1.29, 1.82) is 0 Å². The van der Waals surface area contributed by atoms with Crippen LogP contribution in [0.3, 0.4) is 0 Å². The number of benzene rings is 2. The van der Waals surface area contributed by atoms with Gasteiger partial charge in [0.05, 0.1) is 0 Å². The van der Waals surface area contributed by atoms with Gasteiger partial charge in [0, 0.05) is 0 Å². The van der Waals surface area contributed by atoms with Crippen molar-refractivity contribution in [3.63, 3.8) is 0 Å². The van der Waals surface area contributed by atoms with Crippen molar-refractivity contribution >= 4 is 14.7 Å². The zero-order valence-corrected chi connectivity index (χ0v) is 16.5. The van der Waals surface area contributed by atoms with Gasteiger partial charge in [0.1, 0.15) is 0 Å². The molecule has 27 heavy (non-hydrogen) atoms. The molecule has 0 saturated carbocycles. The number of halogens is 3. The third-order valence-corrected chi connectivity index (χ3v) is 5.78. The van der Waals surface area contributed by atoms with Crippen molar-refractivity contribution in [3.8, 4) is 38.4 Å². The predicted molar refractivity (Wildman–Crippen MR) is 96.7 cm³/mol. The number of nitrogens with zero attached hydrogens (tertiary/aromatic N) is 1. The van der Waals surface area contributed by atoms with E-state index in [0.29, 0.717) is 22.8 Å². The number of methoxy groups -OCH3 is 3. The summed E-state index contributed by atoms with van der Waals surface area (Å²) in [4.78, 5) is 0. The maximum atomic E-state index is 13.1. The van der Waals surface area contributed by atoms with Gasteiger partial charge in [-0.15, -0.1) is 0 Å². The van der Waals surface area contributed by atoms with Crippen molar-refractivity contribution in [2.24, 2.45) is 0 Å². The molecule has 0 spiro atoms. The fraction of sp³-hybridized carbons (Fsp3) is 0.211. The van der Waals surface area contributed by atoms with E-state index in [0.717, 1.165) is 27.7 Å². The van der Waals surface area contributed by atoms with E-state index in [1.807, 2.05) is 0 Å². The Hall–Kier alpha value is -2.44. The molecule has 1 aromatic heterocycles. The van der Waals surface area contributed by atoms with E-state index in [1.54, 1.807) is 24.4 Å². The van der Waals surface area contributed by atoms with Gasteiger partial charge in [-0.25, -0.2) is 0 Å². The second-order valence-electron chi connectivity index (χ2n) is 5.56. The van der Waals surface area contributed by atoms with Crippen LogP contribution in [0.2, 0.25) is 0 Å². The van der Waals surface area contributed by atoms with Crippen LogP contribution in [0, 0.1) is 0 Å². The van der Waals surface area contributed by atoms with Gasteiger partial charge in [-0.1, -0.05) is 0 Å². The first kappa shape index (κ1) is 19.3. The maximum absolute atomic E-state index is 13.1. The Labute approximate surface area is 160 Å². The van der Waals surface area contributed by atoms with Crippen LogP contribution in [0.5, 0.6) is 17.2 Å². The van der Waals surface area contributed by atoms with Crippen molar-refractivity contribution in [3.05, 3.63) is 48.2 Å². The molecule has 0 saturated heterocycles. The molecule has 0 atom stereocenters. The molecule has 0 unspecified atom stereocenters. The van der Waals surface area contributed by atoms with Gasteiger partial charge in [-0.2, -0.15) is 0 Å². The molecule has 1 heterocycles. The van der Waals surface area contributed by atoms with E-state index in [9.17, 15) is 13.2 Å². The molecule has 0 radical (unpaired) electrons.